The van der Waals surface area contributed by atoms with E-state index < -0.39 is 0 Å². The van der Waals surface area contributed by atoms with Crippen molar-refractivity contribution in [2.45, 2.75) is 202 Å². The minimum absolute atomic E-state index is 0.947. The Kier molecular flexibility index (Phi) is 33.4. The molecule has 0 aliphatic rings. The number of nitrogens with zero attached hydrogens (tertiary/aromatic N) is 2. The van der Waals surface area contributed by atoms with Gasteiger partial charge >= 0.3 is 0 Å². The van der Waals surface area contributed by atoms with Gasteiger partial charge in [0, 0.05) is 13.1 Å². The van der Waals surface area contributed by atoms with Crippen LogP contribution in [0.4, 0.5) is 0 Å². The van der Waals surface area contributed by atoms with Crippen molar-refractivity contribution in [1.82, 2.24) is 9.80 Å². The number of rotatable bonds is 34. The molecule has 0 heterocycles. The van der Waals surface area contributed by atoms with E-state index in [2.05, 4.69) is 44.4 Å². The second kappa shape index (κ2) is 33.4. The zero-order valence-corrected chi connectivity index (χ0v) is 29.1. The third kappa shape index (κ3) is 28.1. The number of hydrogen-bond acceptors (Lipinski definition) is 2. The zero-order chi connectivity index (χ0) is 29.4. The second-order valence-corrected chi connectivity index (χ2v) is 13.3. The van der Waals surface area contributed by atoms with E-state index in [4.69, 9.17) is 0 Å². The molecule has 0 saturated heterocycles. The van der Waals surface area contributed by atoms with E-state index in [0.717, 1.165) is 5.92 Å². The van der Waals surface area contributed by atoms with Crippen molar-refractivity contribution in [3.8, 4) is 0 Å². The van der Waals surface area contributed by atoms with Crippen LogP contribution in [0.5, 0.6) is 0 Å². The molecule has 0 unspecified atom stereocenters. The minimum Gasteiger partial charge on any atom is -0.302 e. The number of unbranched alkanes of at least 4 members (excludes halogenated alkanes) is 18. The van der Waals surface area contributed by atoms with E-state index in [1.807, 2.05) is 0 Å². The maximum Gasteiger partial charge on any atom is 0.0109 e. The summed E-state index contributed by atoms with van der Waals surface area (Å²) in [4.78, 5) is 5.75. The summed E-state index contributed by atoms with van der Waals surface area (Å²) in [7, 11) is 0. The second-order valence-electron chi connectivity index (χ2n) is 13.3. The van der Waals surface area contributed by atoms with Gasteiger partial charge in [-0.2, -0.15) is 0 Å². The van der Waals surface area contributed by atoms with Gasteiger partial charge in [-0.15, -0.1) is 0 Å². The zero-order valence-electron chi connectivity index (χ0n) is 29.1. The Bertz CT molecular complexity index is 427. The van der Waals surface area contributed by atoms with Gasteiger partial charge in [0.05, 0.1) is 0 Å². The predicted octanol–water partition coefficient (Wildman–Crippen LogP) is 12.4. The fourth-order valence-electron chi connectivity index (χ4n) is 6.45. The van der Waals surface area contributed by atoms with Gasteiger partial charge in [0.25, 0.3) is 0 Å². The van der Waals surface area contributed by atoms with Crippen LogP contribution in [-0.2, 0) is 0 Å². The Morgan fingerprint density at radius 3 is 0.900 bits per heavy atom. The standard InChI is InChI=1S/C38H80N2/c1-6-11-14-17-20-23-26-32-39(33-27-24-21-18-15-12-7-2)36-37-40(34-28-25-22-19-16-13-8-3)35-31-38(29-9-4)30-10-5/h38H,6-37H2,1-5H3. The Morgan fingerprint density at radius 1 is 0.275 bits per heavy atom. The van der Waals surface area contributed by atoms with Gasteiger partial charge in [-0.25, -0.2) is 0 Å². The Morgan fingerprint density at radius 2 is 0.575 bits per heavy atom. The average Bonchev–Trinajstić information content (AvgIpc) is 2.96. The average molecular weight is 565 g/mol. The molecule has 40 heavy (non-hydrogen) atoms. The molecule has 0 bridgehead atoms. The predicted molar refractivity (Wildman–Crippen MR) is 185 cm³/mol. The van der Waals surface area contributed by atoms with E-state index >= 15 is 0 Å². The molecule has 2 nitrogen and oxygen atoms in total. The lowest BCUT2D eigenvalue weighted by atomic mass is 9.94. The molecule has 0 fully saturated rings. The van der Waals surface area contributed by atoms with Gasteiger partial charge in [0.15, 0.2) is 0 Å². The van der Waals surface area contributed by atoms with Crippen molar-refractivity contribution in [2.24, 2.45) is 5.92 Å². The van der Waals surface area contributed by atoms with Gasteiger partial charge in [-0.3, -0.25) is 0 Å². The van der Waals surface area contributed by atoms with Crippen LogP contribution in [0.25, 0.3) is 0 Å². The smallest absolute Gasteiger partial charge is 0.0109 e. The fourth-order valence-corrected chi connectivity index (χ4v) is 6.45. The summed E-state index contributed by atoms with van der Waals surface area (Å²) < 4.78 is 0. The third-order valence-corrected chi connectivity index (χ3v) is 9.21. The summed E-state index contributed by atoms with van der Waals surface area (Å²) in [5.74, 6) is 0.947. The van der Waals surface area contributed by atoms with Crippen LogP contribution in [0.1, 0.15) is 202 Å². The van der Waals surface area contributed by atoms with Gasteiger partial charge < -0.3 is 9.80 Å². The van der Waals surface area contributed by atoms with E-state index in [1.165, 1.54) is 206 Å². The molecule has 242 valence electrons. The highest BCUT2D eigenvalue weighted by Gasteiger charge is 2.13. The normalized spacial score (nSPS) is 12.0. The molecule has 0 saturated carbocycles. The topological polar surface area (TPSA) is 6.48 Å². The Balaban J connectivity index is 4.76. The van der Waals surface area contributed by atoms with Crippen molar-refractivity contribution < 1.29 is 0 Å². The molecule has 0 spiro atoms. The lowest BCUT2D eigenvalue weighted by Gasteiger charge is -2.29. The molecule has 0 aromatic heterocycles. The first kappa shape index (κ1) is 39.9. The maximum absolute atomic E-state index is 2.88. The summed E-state index contributed by atoms with van der Waals surface area (Å²) in [6.45, 7) is 19.7. The largest absolute Gasteiger partial charge is 0.302 e. The summed E-state index contributed by atoms with van der Waals surface area (Å²) >= 11 is 0. The van der Waals surface area contributed by atoms with Gasteiger partial charge in [-0.1, -0.05) is 176 Å². The third-order valence-electron chi connectivity index (χ3n) is 9.21. The van der Waals surface area contributed by atoms with Gasteiger partial charge in [0.2, 0.25) is 0 Å². The first-order valence-electron chi connectivity index (χ1n) is 19.2. The van der Waals surface area contributed by atoms with Crippen molar-refractivity contribution in [2.75, 3.05) is 39.3 Å². The quantitative estimate of drug-likeness (QED) is 0.0717. The van der Waals surface area contributed by atoms with Crippen LogP contribution in [-0.4, -0.2) is 49.1 Å². The first-order valence-corrected chi connectivity index (χ1v) is 19.2. The molecule has 2 heteroatoms. The highest BCUT2D eigenvalue weighted by molar-refractivity contribution is 4.68. The van der Waals surface area contributed by atoms with Crippen molar-refractivity contribution in [1.29, 1.82) is 0 Å². The Hall–Kier alpha value is -0.0800. The molecular weight excluding hydrogens is 484 g/mol. The van der Waals surface area contributed by atoms with Crippen LogP contribution in [0.15, 0.2) is 0 Å². The molecule has 0 radical (unpaired) electrons. The van der Waals surface area contributed by atoms with Gasteiger partial charge in [0.1, 0.15) is 0 Å². The van der Waals surface area contributed by atoms with E-state index in [-0.39, 0.29) is 0 Å². The van der Waals surface area contributed by atoms with E-state index in [1.54, 1.807) is 0 Å². The monoisotopic (exact) mass is 565 g/mol. The summed E-state index contributed by atoms with van der Waals surface area (Å²) in [6.07, 6.45) is 37.0. The maximum atomic E-state index is 2.88. The summed E-state index contributed by atoms with van der Waals surface area (Å²) in [5.41, 5.74) is 0. The van der Waals surface area contributed by atoms with Crippen molar-refractivity contribution in [3.63, 3.8) is 0 Å². The van der Waals surface area contributed by atoms with E-state index in [0.29, 0.717) is 0 Å². The first-order chi connectivity index (χ1) is 19.7. The molecule has 0 amide bonds. The van der Waals surface area contributed by atoms with Crippen LogP contribution in [0.3, 0.4) is 0 Å². The molecule has 0 aliphatic carbocycles. The van der Waals surface area contributed by atoms with Crippen LogP contribution in [0, 0.1) is 5.92 Å². The lowest BCUT2D eigenvalue weighted by Crippen LogP contribution is -2.37. The lowest BCUT2D eigenvalue weighted by molar-refractivity contribution is 0.184. The van der Waals surface area contributed by atoms with Gasteiger partial charge in [-0.05, 0) is 57.8 Å². The molecule has 0 atom stereocenters. The molecular formula is C38H80N2. The summed E-state index contributed by atoms with van der Waals surface area (Å²) in [6, 6.07) is 0. The fraction of sp³-hybridized carbons (Fsp3) is 1.00. The Labute approximate surface area is 256 Å². The summed E-state index contributed by atoms with van der Waals surface area (Å²) in [5, 5.41) is 0. The molecule has 0 aromatic carbocycles. The van der Waals surface area contributed by atoms with Crippen LogP contribution >= 0.6 is 0 Å². The molecule has 0 N–H and O–H groups in total. The molecule has 0 aromatic rings. The van der Waals surface area contributed by atoms with Crippen molar-refractivity contribution in [3.05, 3.63) is 0 Å². The van der Waals surface area contributed by atoms with Crippen molar-refractivity contribution >= 4 is 0 Å². The van der Waals surface area contributed by atoms with Crippen LogP contribution in [0.2, 0.25) is 0 Å². The highest BCUT2D eigenvalue weighted by atomic mass is 15.2. The number of hydrogen-bond donors (Lipinski definition) is 0. The van der Waals surface area contributed by atoms with Crippen LogP contribution < -0.4 is 0 Å². The minimum atomic E-state index is 0.947. The molecule has 0 rings (SSSR count). The molecule has 0 aliphatic heterocycles. The highest BCUT2D eigenvalue weighted by Crippen LogP contribution is 2.19. The SMILES string of the molecule is CCCCCCCCCN(CCCCCCCCC)CCN(CCCCCCCCC)CCC(CCC)CCC. The van der Waals surface area contributed by atoms with E-state index in [9.17, 15) is 0 Å².